The highest BCUT2D eigenvalue weighted by Gasteiger charge is 2.44. The van der Waals surface area contributed by atoms with Gasteiger partial charge in [0.05, 0.1) is 18.7 Å². The fourth-order valence-corrected chi connectivity index (χ4v) is 6.13. The Morgan fingerprint density at radius 1 is 1.24 bits per heavy atom. The van der Waals surface area contributed by atoms with Crippen molar-refractivity contribution >= 4 is 17.0 Å². The molecule has 0 spiro atoms. The third kappa shape index (κ3) is 4.58. The molecule has 1 aromatic heterocycles. The molecular formula is C27H35N3O3. The molecule has 1 aliphatic carbocycles. The van der Waals surface area contributed by atoms with E-state index in [0.29, 0.717) is 11.8 Å². The van der Waals surface area contributed by atoms with Crippen LogP contribution in [0.25, 0.3) is 10.9 Å². The number of benzene rings is 1. The molecule has 0 radical (unpaired) electrons. The van der Waals surface area contributed by atoms with Gasteiger partial charge in [-0.05, 0) is 68.3 Å². The van der Waals surface area contributed by atoms with Gasteiger partial charge in [0.25, 0.3) is 0 Å². The minimum absolute atomic E-state index is 0.147. The molecule has 1 amide bonds. The molecule has 4 aliphatic rings. The van der Waals surface area contributed by atoms with E-state index in [1.807, 2.05) is 30.5 Å². The van der Waals surface area contributed by atoms with Crippen molar-refractivity contribution < 1.29 is 14.3 Å². The quantitative estimate of drug-likeness (QED) is 0.611. The number of hydrogen-bond donors (Lipinski definition) is 1. The van der Waals surface area contributed by atoms with Crippen LogP contribution in [0.4, 0.5) is 4.79 Å². The third-order valence-electron chi connectivity index (χ3n) is 7.95. The number of aromatic nitrogens is 1. The summed E-state index contributed by atoms with van der Waals surface area (Å²) in [7, 11) is 1.67. The Morgan fingerprint density at radius 3 is 2.82 bits per heavy atom. The van der Waals surface area contributed by atoms with E-state index in [2.05, 4.69) is 27.9 Å². The molecule has 1 aromatic carbocycles. The Kier molecular flexibility index (Phi) is 6.54. The zero-order valence-electron chi connectivity index (χ0n) is 19.5. The van der Waals surface area contributed by atoms with Gasteiger partial charge in [0.1, 0.15) is 11.9 Å². The van der Waals surface area contributed by atoms with Crippen molar-refractivity contribution in [1.29, 1.82) is 0 Å². The molecule has 6 heteroatoms. The highest BCUT2D eigenvalue weighted by atomic mass is 16.6. The van der Waals surface area contributed by atoms with Gasteiger partial charge >= 0.3 is 6.09 Å². The van der Waals surface area contributed by atoms with Crippen molar-refractivity contribution in [1.82, 2.24) is 15.2 Å². The van der Waals surface area contributed by atoms with E-state index in [1.54, 1.807) is 7.11 Å². The molecule has 1 saturated carbocycles. The second kappa shape index (κ2) is 9.72. The zero-order chi connectivity index (χ0) is 22.8. The molecule has 3 aliphatic heterocycles. The van der Waals surface area contributed by atoms with Crippen LogP contribution in [0.15, 0.2) is 43.1 Å². The molecule has 5 atom stereocenters. The smallest absolute Gasteiger partial charge is 0.408 e. The predicted molar refractivity (Wildman–Crippen MR) is 129 cm³/mol. The van der Waals surface area contributed by atoms with Crippen LogP contribution >= 0.6 is 0 Å². The molecule has 3 saturated heterocycles. The maximum absolute atomic E-state index is 13.1. The molecule has 4 fully saturated rings. The predicted octanol–water partition coefficient (Wildman–Crippen LogP) is 5.24. The summed E-state index contributed by atoms with van der Waals surface area (Å²) in [6.45, 7) is 6.08. The van der Waals surface area contributed by atoms with Gasteiger partial charge in [0, 0.05) is 29.7 Å². The van der Waals surface area contributed by atoms with Crippen molar-refractivity contribution in [2.24, 2.45) is 11.8 Å². The number of fused-ring (bicyclic) bond motifs is 4. The lowest BCUT2D eigenvalue weighted by molar-refractivity contribution is -0.0503. The highest BCUT2D eigenvalue weighted by Crippen LogP contribution is 2.43. The monoisotopic (exact) mass is 449 g/mol. The van der Waals surface area contributed by atoms with Crippen LogP contribution < -0.4 is 10.1 Å². The van der Waals surface area contributed by atoms with E-state index in [1.165, 1.54) is 25.7 Å². The summed E-state index contributed by atoms with van der Waals surface area (Å²) in [5, 5.41) is 4.14. The molecule has 5 unspecified atom stereocenters. The van der Waals surface area contributed by atoms with Crippen LogP contribution in [0.2, 0.25) is 0 Å². The first-order chi connectivity index (χ1) is 16.2. The average Bonchev–Trinajstić information content (AvgIpc) is 2.87. The van der Waals surface area contributed by atoms with Crippen molar-refractivity contribution in [2.75, 3.05) is 20.2 Å². The van der Waals surface area contributed by atoms with Gasteiger partial charge in [0.15, 0.2) is 0 Å². The van der Waals surface area contributed by atoms with Crippen molar-refractivity contribution in [2.45, 2.75) is 63.1 Å². The number of amides is 1. The van der Waals surface area contributed by atoms with Gasteiger partial charge in [-0.2, -0.15) is 0 Å². The Bertz CT molecular complexity index is 1000. The van der Waals surface area contributed by atoms with Gasteiger partial charge < -0.3 is 14.8 Å². The number of hydrogen-bond acceptors (Lipinski definition) is 5. The van der Waals surface area contributed by atoms with Gasteiger partial charge in [-0.15, -0.1) is 6.58 Å². The van der Waals surface area contributed by atoms with Crippen LogP contribution in [-0.2, 0) is 4.74 Å². The highest BCUT2D eigenvalue weighted by molar-refractivity contribution is 5.84. The molecule has 2 bridgehead atoms. The molecule has 1 N–H and O–H groups in total. The molecule has 2 aromatic rings. The number of ether oxygens (including phenoxy) is 2. The number of piperidine rings is 3. The second-order valence-corrected chi connectivity index (χ2v) is 9.83. The van der Waals surface area contributed by atoms with E-state index in [0.717, 1.165) is 54.6 Å². The lowest BCUT2D eigenvalue weighted by atomic mass is 9.73. The van der Waals surface area contributed by atoms with Crippen molar-refractivity contribution in [3.8, 4) is 5.75 Å². The number of nitrogens with one attached hydrogen (secondary N) is 1. The fourth-order valence-electron chi connectivity index (χ4n) is 6.13. The average molecular weight is 450 g/mol. The second-order valence-electron chi connectivity index (χ2n) is 9.83. The van der Waals surface area contributed by atoms with Crippen LogP contribution in [0.3, 0.4) is 0 Å². The van der Waals surface area contributed by atoms with Gasteiger partial charge in [-0.1, -0.05) is 25.3 Å². The number of rotatable bonds is 6. The molecule has 176 valence electrons. The first-order valence-electron chi connectivity index (χ1n) is 12.4. The van der Waals surface area contributed by atoms with E-state index < -0.39 is 0 Å². The van der Waals surface area contributed by atoms with Gasteiger partial charge in [-0.3, -0.25) is 9.88 Å². The summed E-state index contributed by atoms with van der Waals surface area (Å²) in [6, 6.07) is 8.28. The summed E-state index contributed by atoms with van der Waals surface area (Å²) in [6.07, 6.45) is 11.1. The first kappa shape index (κ1) is 22.2. The number of carbonyl (C=O) groups excluding carboxylic acids is 1. The Labute approximate surface area is 196 Å². The number of methoxy groups -OCH3 is 1. The largest absolute Gasteiger partial charge is 0.497 e. The number of nitrogens with zero attached hydrogens (tertiary/aromatic N) is 2. The minimum atomic E-state index is -0.361. The topological polar surface area (TPSA) is 63.7 Å². The molecule has 6 nitrogen and oxygen atoms in total. The molecule has 4 heterocycles. The maximum Gasteiger partial charge on any atom is 0.408 e. The van der Waals surface area contributed by atoms with Crippen LogP contribution in [0.1, 0.15) is 56.6 Å². The lowest BCUT2D eigenvalue weighted by Gasteiger charge is -2.51. The Hall–Kier alpha value is -2.60. The van der Waals surface area contributed by atoms with E-state index in [4.69, 9.17) is 9.47 Å². The number of alkyl carbamates (subject to hydrolysis) is 1. The SMILES string of the molecule is C=CC1CN2CCC1CC2C(OC(=O)NC1CCCCC1)c1ccnc2ccc(OC)cc12. The van der Waals surface area contributed by atoms with E-state index in [-0.39, 0.29) is 24.3 Å². The third-order valence-corrected chi connectivity index (χ3v) is 7.95. The molecular weight excluding hydrogens is 414 g/mol. The summed E-state index contributed by atoms with van der Waals surface area (Å²) in [5.41, 5.74) is 1.89. The standard InChI is InChI=1S/C27H35N3O3/c1-3-18-17-30-14-12-19(18)15-25(30)26(33-27(31)29-20-7-5-4-6-8-20)22-11-13-28-24-10-9-21(32-2)16-23(22)24/h3,9-11,13,16,18-20,25-26H,1,4-8,12,14-15,17H2,2H3,(H,29,31). The van der Waals surface area contributed by atoms with Crippen molar-refractivity contribution in [3.05, 3.63) is 48.7 Å². The minimum Gasteiger partial charge on any atom is -0.497 e. The molecule has 33 heavy (non-hydrogen) atoms. The van der Waals surface area contributed by atoms with Crippen LogP contribution in [0, 0.1) is 11.8 Å². The molecule has 6 rings (SSSR count). The lowest BCUT2D eigenvalue weighted by Crippen LogP contribution is -2.55. The summed E-state index contributed by atoms with van der Waals surface area (Å²) in [4.78, 5) is 20.2. The normalized spacial score (nSPS) is 28.3. The van der Waals surface area contributed by atoms with Crippen molar-refractivity contribution in [3.63, 3.8) is 0 Å². The van der Waals surface area contributed by atoms with Crippen LogP contribution in [0.5, 0.6) is 5.75 Å². The van der Waals surface area contributed by atoms with Gasteiger partial charge in [-0.25, -0.2) is 4.79 Å². The summed E-state index contributed by atoms with van der Waals surface area (Å²) >= 11 is 0. The maximum atomic E-state index is 13.1. The summed E-state index contributed by atoms with van der Waals surface area (Å²) < 4.78 is 11.8. The fraction of sp³-hybridized carbons (Fsp3) is 0.556. The van der Waals surface area contributed by atoms with E-state index >= 15 is 0 Å². The Balaban J connectivity index is 1.47. The van der Waals surface area contributed by atoms with E-state index in [9.17, 15) is 4.79 Å². The first-order valence-corrected chi connectivity index (χ1v) is 12.4. The number of carbonyl (C=O) groups is 1. The van der Waals surface area contributed by atoms with Gasteiger partial charge in [0.2, 0.25) is 0 Å². The summed E-state index contributed by atoms with van der Waals surface area (Å²) in [5.74, 6) is 1.88. The Morgan fingerprint density at radius 2 is 2.09 bits per heavy atom. The van der Waals surface area contributed by atoms with Crippen LogP contribution in [-0.4, -0.2) is 48.3 Å². The zero-order valence-corrected chi connectivity index (χ0v) is 19.5. The number of pyridine rings is 1.